The first kappa shape index (κ1) is 19.1. The van der Waals surface area contributed by atoms with E-state index in [9.17, 15) is 9.00 Å². The number of rotatable bonds is 6. The third-order valence-corrected chi connectivity index (χ3v) is 8.32. The molecule has 5 heteroatoms. The number of piperidine rings is 1. The fourth-order valence-corrected chi connectivity index (χ4v) is 6.77. The average molecular weight is 389 g/mol. The molecule has 0 aromatic heterocycles. The summed E-state index contributed by atoms with van der Waals surface area (Å²) < 4.78 is 12.6. The van der Waals surface area contributed by atoms with Crippen molar-refractivity contribution in [2.45, 2.75) is 87.3 Å². The van der Waals surface area contributed by atoms with Gasteiger partial charge in [-0.25, -0.2) is 0 Å². The highest BCUT2D eigenvalue weighted by Gasteiger charge is 2.34. The van der Waals surface area contributed by atoms with E-state index in [1.54, 1.807) is 0 Å². The molecule has 3 fully saturated rings. The van der Waals surface area contributed by atoms with Gasteiger partial charge in [0, 0.05) is 46.0 Å². The second-order valence-electron chi connectivity index (χ2n) is 8.71. The molecule has 2 bridgehead atoms. The summed E-state index contributed by atoms with van der Waals surface area (Å²) in [5, 5.41) is 7.06. The highest BCUT2D eigenvalue weighted by atomic mass is 32.2. The predicted molar refractivity (Wildman–Crippen MR) is 111 cm³/mol. The summed E-state index contributed by atoms with van der Waals surface area (Å²) in [7, 11) is -0.805. The third-order valence-electron chi connectivity index (χ3n) is 6.49. The molecule has 1 aliphatic carbocycles. The number of carbonyl (C=O) groups is 1. The van der Waals surface area contributed by atoms with E-state index in [2.05, 4.69) is 10.6 Å². The van der Waals surface area contributed by atoms with Crippen molar-refractivity contribution in [1.29, 1.82) is 0 Å². The second-order valence-corrected chi connectivity index (χ2v) is 10.4. The number of amides is 1. The first-order valence-corrected chi connectivity index (χ1v) is 12.1. The Morgan fingerprint density at radius 1 is 1.07 bits per heavy atom. The van der Waals surface area contributed by atoms with Gasteiger partial charge in [-0.3, -0.25) is 9.00 Å². The van der Waals surface area contributed by atoms with Crippen molar-refractivity contribution in [3.63, 3.8) is 0 Å². The Morgan fingerprint density at radius 2 is 1.81 bits per heavy atom. The minimum Gasteiger partial charge on any atom is -0.326 e. The van der Waals surface area contributed by atoms with Crippen molar-refractivity contribution in [2.75, 3.05) is 5.32 Å². The van der Waals surface area contributed by atoms with E-state index >= 15 is 0 Å². The number of hydrogen-bond acceptors (Lipinski definition) is 3. The minimum absolute atomic E-state index is 0.117. The van der Waals surface area contributed by atoms with E-state index in [-0.39, 0.29) is 5.91 Å². The van der Waals surface area contributed by atoms with Crippen molar-refractivity contribution in [3.8, 4) is 0 Å². The number of nitrogens with one attached hydrogen (secondary N) is 2. The van der Waals surface area contributed by atoms with Gasteiger partial charge in [-0.2, -0.15) is 0 Å². The summed E-state index contributed by atoms with van der Waals surface area (Å²) in [6, 6.07) is 9.19. The number of benzene rings is 1. The number of carbonyl (C=O) groups excluding carboxylic acids is 1. The van der Waals surface area contributed by atoms with Crippen LogP contribution in [-0.2, 0) is 21.3 Å². The van der Waals surface area contributed by atoms with Crippen LogP contribution < -0.4 is 10.6 Å². The van der Waals surface area contributed by atoms with Gasteiger partial charge in [-0.1, -0.05) is 31.4 Å². The van der Waals surface area contributed by atoms with Crippen LogP contribution in [0.2, 0.25) is 0 Å². The molecule has 0 radical (unpaired) electrons. The topological polar surface area (TPSA) is 58.2 Å². The molecule has 3 unspecified atom stereocenters. The molecule has 148 valence electrons. The van der Waals surface area contributed by atoms with Crippen LogP contribution in [0.3, 0.4) is 0 Å². The van der Waals surface area contributed by atoms with E-state index in [1.807, 2.05) is 24.3 Å². The van der Waals surface area contributed by atoms with Crippen LogP contribution >= 0.6 is 0 Å². The van der Waals surface area contributed by atoms with Crippen molar-refractivity contribution in [2.24, 2.45) is 5.92 Å². The fraction of sp³-hybridized carbons (Fsp3) is 0.682. The smallest absolute Gasteiger partial charge is 0.224 e. The van der Waals surface area contributed by atoms with Gasteiger partial charge in [0.25, 0.3) is 0 Å². The molecule has 1 saturated carbocycles. The quantitative estimate of drug-likeness (QED) is 0.770. The Bertz CT molecular complexity index is 675. The molecule has 27 heavy (non-hydrogen) atoms. The summed E-state index contributed by atoms with van der Waals surface area (Å²) in [6.07, 6.45) is 11.3. The Balaban J connectivity index is 1.29. The molecule has 4 nitrogen and oxygen atoms in total. The summed E-state index contributed by atoms with van der Waals surface area (Å²) in [5.74, 6) is 1.23. The van der Waals surface area contributed by atoms with Crippen LogP contribution in [0, 0.1) is 5.92 Å². The zero-order valence-electron chi connectivity index (χ0n) is 16.1. The molecular weight excluding hydrogens is 356 g/mol. The fourth-order valence-electron chi connectivity index (χ4n) is 5.16. The van der Waals surface area contributed by atoms with Gasteiger partial charge in [0.2, 0.25) is 5.91 Å². The second kappa shape index (κ2) is 8.87. The maximum absolute atomic E-state index is 12.6. The molecule has 1 aromatic carbocycles. The molecular formula is C22H32N2O2S. The monoisotopic (exact) mass is 388 g/mol. The Morgan fingerprint density at radius 3 is 2.56 bits per heavy atom. The lowest BCUT2D eigenvalue weighted by atomic mass is 9.89. The van der Waals surface area contributed by atoms with Crippen LogP contribution in [0.1, 0.15) is 69.8 Å². The molecule has 4 rings (SSSR count). The molecule has 2 saturated heterocycles. The van der Waals surface area contributed by atoms with E-state index < -0.39 is 10.8 Å². The first-order valence-electron chi connectivity index (χ1n) is 10.7. The lowest BCUT2D eigenvalue weighted by Crippen LogP contribution is -2.39. The number of anilines is 1. The Hall–Kier alpha value is -1.20. The van der Waals surface area contributed by atoms with Gasteiger partial charge in [0.15, 0.2) is 0 Å². The van der Waals surface area contributed by atoms with Crippen molar-refractivity contribution < 1.29 is 9.00 Å². The van der Waals surface area contributed by atoms with Crippen LogP contribution in [0.15, 0.2) is 24.3 Å². The zero-order valence-corrected chi connectivity index (χ0v) is 16.9. The Labute approximate surface area is 165 Å². The van der Waals surface area contributed by atoms with Gasteiger partial charge in [-0.15, -0.1) is 0 Å². The van der Waals surface area contributed by atoms with E-state index in [1.165, 1.54) is 32.1 Å². The molecule has 1 aromatic rings. The maximum Gasteiger partial charge on any atom is 0.224 e. The molecule has 0 spiro atoms. The van der Waals surface area contributed by atoms with E-state index in [0.717, 1.165) is 36.9 Å². The highest BCUT2D eigenvalue weighted by Crippen LogP contribution is 2.33. The van der Waals surface area contributed by atoms with Crippen LogP contribution in [0.4, 0.5) is 5.69 Å². The SMILES string of the molecule is O=C(CC1CC2CCC(C1)N2)Nc1cccc(CS(=O)C2CCCCC2)c1. The molecule has 2 aliphatic heterocycles. The minimum atomic E-state index is -0.805. The molecule has 3 atom stereocenters. The summed E-state index contributed by atoms with van der Waals surface area (Å²) in [4.78, 5) is 12.5. The molecule has 3 aliphatic rings. The largest absolute Gasteiger partial charge is 0.326 e. The van der Waals surface area contributed by atoms with Crippen LogP contribution in [0.25, 0.3) is 0 Å². The first-order chi connectivity index (χ1) is 13.2. The summed E-state index contributed by atoms with van der Waals surface area (Å²) >= 11 is 0. The lowest BCUT2D eigenvalue weighted by Gasteiger charge is -2.28. The Kier molecular flexibility index (Phi) is 6.28. The maximum atomic E-state index is 12.6. The van der Waals surface area contributed by atoms with Crippen molar-refractivity contribution in [1.82, 2.24) is 5.32 Å². The van der Waals surface area contributed by atoms with Crippen LogP contribution in [-0.4, -0.2) is 27.4 Å². The standard InChI is InChI=1S/C22H32N2O2S/c25-22(14-17-12-19-9-10-20(13-17)23-19)24-18-6-4-5-16(11-18)15-27(26)21-7-2-1-3-8-21/h4-6,11,17,19-21,23H,1-3,7-10,12-15H2,(H,24,25). The number of hydrogen-bond donors (Lipinski definition) is 2. The van der Waals surface area contributed by atoms with E-state index in [0.29, 0.717) is 35.4 Å². The summed E-state index contributed by atoms with van der Waals surface area (Å²) in [5.41, 5.74) is 1.91. The molecule has 1 amide bonds. The van der Waals surface area contributed by atoms with Gasteiger partial charge in [0.05, 0.1) is 0 Å². The highest BCUT2D eigenvalue weighted by molar-refractivity contribution is 7.84. The van der Waals surface area contributed by atoms with Crippen LogP contribution in [0.5, 0.6) is 0 Å². The third kappa shape index (κ3) is 5.20. The van der Waals surface area contributed by atoms with E-state index in [4.69, 9.17) is 0 Å². The molecule has 2 heterocycles. The predicted octanol–water partition coefficient (Wildman–Crippen LogP) is 4.13. The van der Waals surface area contributed by atoms with Crippen molar-refractivity contribution >= 4 is 22.4 Å². The normalized spacial score (nSPS) is 29.4. The lowest BCUT2D eigenvalue weighted by molar-refractivity contribution is -0.117. The summed E-state index contributed by atoms with van der Waals surface area (Å²) in [6.45, 7) is 0. The molecule has 2 N–H and O–H groups in total. The number of fused-ring (bicyclic) bond motifs is 2. The van der Waals surface area contributed by atoms with Crippen molar-refractivity contribution in [3.05, 3.63) is 29.8 Å². The average Bonchev–Trinajstić information content (AvgIpc) is 3.01. The van der Waals surface area contributed by atoms with Gasteiger partial charge >= 0.3 is 0 Å². The van der Waals surface area contributed by atoms with Gasteiger partial charge < -0.3 is 10.6 Å². The zero-order chi connectivity index (χ0) is 18.6. The van der Waals surface area contributed by atoms with Gasteiger partial charge in [-0.05, 0) is 62.1 Å². The van der Waals surface area contributed by atoms with Gasteiger partial charge in [0.1, 0.15) is 0 Å².